The molecule has 0 bridgehead atoms. The number of pyridine rings is 1. The van der Waals surface area contributed by atoms with Crippen molar-refractivity contribution in [3.8, 4) is 0 Å². The van der Waals surface area contributed by atoms with Gasteiger partial charge in [-0.15, -0.1) is 0 Å². The number of fused-ring (bicyclic) bond motifs is 1. The Labute approximate surface area is 108 Å². The van der Waals surface area contributed by atoms with E-state index < -0.39 is 5.92 Å². The first kappa shape index (κ1) is 11.6. The van der Waals surface area contributed by atoms with E-state index in [4.69, 9.17) is 0 Å². The number of imidazole rings is 1. The number of nitrogens with zero attached hydrogens (tertiary/aromatic N) is 2. The molecule has 2 amide bonds. The molecule has 2 aromatic rings. The Bertz CT molecular complexity index is 689. The Morgan fingerprint density at radius 3 is 2.95 bits per heavy atom. The van der Waals surface area contributed by atoms with Crippen LogP contribution in [0.3, 0.4) is 0 Å². The van der Waals surface area contributed by atoms with Crippen LogP contribution in [0.25, 0.3) is 5.65 Å². The van der Waals surface area contributed by atoms with Gasteiger partial charge in [-0.1, -0.05) is 6.07 Å². The van der Waals surface area contributed by atoms with E-state index >= 15 is 0 Å². The molecule has 3 heterocycles. The molecule has 0 spiro atoms. The summed E-state index contributed by atoms with van der Waals surface area (Å²) < 4.78 is 1.73. The van der Waals surface area contributed by atoms with Crippen molar-refractivity contribution in [3.05, 3.63) is 35.8 Å². The quantitative estimate of drug-likeness (QED) is 0.633. The third-order valence-corrected chi connectivity index (χ3v) is 3.26. The largest absolute Gasteiger partial charge is 0.303 e. The molecule has 0 radical (unpaired) electrons. The fourth-order valence-electron chi connectivity index (χ4n) is 2.37. The molecule has 1 saturated heterocycles. The zero-order valence-corrected chi connectivity index (χ0v) is 10.00. The lowest BCUT2D eigenvalue weighted by molar-refractivity contribution is -0.134. The predicted molar refractivity (Wildman–Crippen MR) is 65.7 cm³/mol. The fourth-order valence-corrected chi connectivity index (χ4v) is 2.37. The molecule has 3 rings (SSSR count). The minimum absolute atomic E-state index is 0.243. The minimum Gasteiger partial charge on any atom is -0.303 e. The number of aromatic nitrogens is 2. The summed E-state index contributed by atoms with van der Waals surface area (Å²) in [7, 11) is 0. The standard InChI is InChI=1S/C13H11N3O3/c17-7-8-6-16-10(2-1-3-11(16)14-8)9-4-5-12(18)15-13(9)19/h1-3,6-7,9H,4-5H2,(H,15,18,19). The van der Waals surface area contributed by atoms with Gasteiger partial charge >= 0.3 is 0 Å². The van der Waals surface area contributed by atoms with Gasteiger partial charge in [-0.3, -0.25) is 19.7 Å². The van der Waals surface area contributed by atoms with Crippen LogP contribution in [-0.4, -0.2) is 27.5 Å². The Balaban J connectivity index is 2.09. The van der Waals surface area contributed by atoms with Gasteiger partial charge in [0.05, 0.1) is 5.92 Å². The number of amides is 2. The van der Waals surface area contributed by atoms with Crippen LogP contribution in [0.5, 0.6) is 0 Å². The van der Waals surface area contributed by atoms with E-state index in [1.54, 1.807) is 22.7 Å². The van der Waals surface area contributed by atoms with Crippen LogP contribution in [0, 0.1) is 0 Å². The summed E-state index contributed by atoms with van der Waals surface area (Å²) in [5.41, 5.74) is 1.67. The van der Waals surface area contributed by atoms with Gasteiger partial charge in [0.15, 0.2) is 6.29 Å². The predicted octanol–water partition coefficient (Wildman–Crippen LogP) is 0.667. The first-order valence-corrected chi connectivity index (χ1v) is 5.96. The summed E-state index contributed by atoms with van der Waals surface area (Å²) in [4.78, 5) is 38.0. The van der Waals surface area contributed by atoms with Crippen molar-refractivity contribution in [2.75, 3.05) is 0 Å². The molecule has 1 atom stereocenters. The van der Waals surface area contributed by atoms with Crippen LogP contribution >= 0.6 is 0 Å². The summed E-state index contributed by atoms with van der Waals surface area (Å²) in [6.07, 6.45) is 3.06. The second kappa shape index (κ2) is 4.31. The molecule has 96 valence electrons. The highest BCUT2D eigenvalue weighted by Crippen LogP contribution is 2.25. The Morgan fingerprint density at radius 2 is 2.21 bits per heavy atom. The molecule has 1 unspecified atom stereocenters. The number of carbonyl (C=O) groups excluding carboxylic acids is 3. The highest BCUT2D eigenvalue weighted by atomic mass is 16.2. The van der Waals surface area contributed by atoms with Gasteiger partial charge in [-0.05, 0) is 18.6 Å². The first-order valence-electron chi connectivity index (χ1n) is 5.96. The van der Waals surface area contributed by atoms with E-state index in [0.717, 1.165) is 5.69 Å². The Kier molecular flexibility index (Phi) is 2.63. The van der Waals surface area contributed by atoms with Crippen molar-refractivity contribution in [3.63, 3.8) is 0 Å². The molecule has 19 heavy (non-hydrogen) atoms. The zero-order valence-electron chi connectivity index (χ0n) is 10.00. The third-order valence-electron chi connectivity index (χ3n) is 3.26. The van der Waals surface area contributed by atoms with E-state index in [2.05, 4.69) is 10.3 Å². The number of nitrogens with one attached hydrogen (secondary N) is 1. The maximum Gasteiger partial charge on any atom is 0.235 e. The van der Waals surface area contributed by atoms with Gasteiger partial charge in [0.2, 0.25) is 11.8 Å². The number of rotatable bonds is 2. The molecule has 1 N–H and O–H groups in total. The fraction of sp³-hybridized carbons (Fsp3) is 0.231. The number of aldehydes is 1. The molecule has 6 nitrogen and oxygen atoms in total. The average molecular weight is 257 g/mol. The lowest BCUT2D eigenvalue weighted by atomic mass is 9.94. The molecule has 0 saturated carbocycles. The van der Waals surface area contributed by atoms with Crippen LogP contribution in [0.2, 0.25) is 0 Å². The number of imide groups is 1. The van der Waals surface area contributed by atoms with Gasteiger partial charge in [-0.25, -0.2) is 4.98 Å². The van der Waals surface area contributed by atoms with E-state index in [1.807, 2.05) is 6.07 Å². The van der Waals surface area contributed by atoms with Crippen molar-refractivity contribution in [1.82, 2.24) is 14.7 Å². The number of piperidine rings is 1. The molecule has 1 aliphatic rings. The maximum atomic E-state index is 11.9. The van der Waals surface area contributed by atoms with Crippen molar-refractivity contribution >= 4 is 23.7 Å². The molecule has 0 aromatic carbocycles. The van der Waals surface area contributed by atoms with Crippen LogP contribution in [0.15, 0.2) is 24.4 Å². The second-order valence-electron chi connectivity index (χ2n) is 4.47. The SMILES string of the molecule is O=Cc1cn2c(C3CCC(=O)NC3=O)cccc2n1. The van der Waals surface area contributed by atoms with E-state index in [1.165, 1.54) is 0 Å². The lowest BCUT2D eigenvalue weighted by Gasteiger charge is -2.21. The molecule has 1 fully saturated rings. The minimum atomic E-state index is -0.393. The zero-order chi connectivity index (χ0) is 13.4. The molecule has 1 aliphatic heterocycles. The van der Waals surface area contributed by atoms with Gasteiger partial charge in [-0.2, -0.15) is 0 Å². The smallest absolute Gasteiger partial charge is 0.235 e. The number of hydrogen-bond donors (Lipinski definition) is 1. The highest BCUT2D eigenvalue weighted by Gasteiger charge is 2.29. The lowest BCUT2D eigenvalue weighted by Crippen LogP contribution is -2.40. The molecule has 0 aliphatic carbocycles. The van der Waals surface area contributed by atoms with Gasteiger partial charge in [0.25, 0.3) is 0 Å². The Hall–Kier alpha value is -2.50. The normalized spacial score (nSPS) is 19.5. The van der Waals surface area contributed by atoms with Crippen molar-refractivity contribution in [2.45, 2.75) is 18.8 Å². The molecule has 6 heteroatoms. The number of carbonyl (C=O) groups is 3. The van der Waals surface area contributed by atoms with Crippen molar-refractivity contribution < 1.29 is 14.4 Å². The summed E-state index contributed by atoms with van der Waals surface area (Å²) in [5, 5.41) is 2.33. The molecule has 2 aromatic heterocycles. The summed E-state index contributed by atoms with van der Waals surface area (Å²) in [5.74, 6) is -0.937. The average Bonchev–Trinajstić information content (AvgIpc) is 2.82. The van der Waals surface area contributed by atoms with E-state index in [-0.39, 0.29) is 11.8 Å². The van der Waals surface area contributed by atoms with Crippen LogP contribution in [0.1, 0.15) is 34.9 Å². The summed E-state index contributed by atoms with van der Waals surface area (Å²) in [6, 6.07) is 5.36. The third kappa shape index (κ3) is 1.91. The second-order valence-corrected chi connectivity index (χ2v) is 4.47. The highest BCUT2D eigenvalue weighted by molar-refractivity contribution is 6.00. The van der Waals surface area contributed by atoms with Crippen molar-refractivity contribution in [2.24, 2.45) is 0 Å². The first-order chi connectivity index (χ1) is 9.19. The van der Waals surface area contributed by atoms with E-state index in [9.17, 15) is 14.4 Å². The van der Waals surface area contributed by atoms with Gasteiger partial charge < -0.3 is 4.40 Å². The molecular formula is C13H11N3O3. The van der Waals surface area contributed by atoms with Gasteiger partial charge in [0, 0.05) is 18.3 Å². The van der Waals surface area contributed by atoms with E-state index in [0.29, 0.717) is 30.5 Å². The molecular weight excluding hydrogens is 246 g/mol. The number of hydrogen-bond acceptors (Lipinski definition) is 4. The monoisotopic (exact) mass is 257 g/mol. The van der Waals surface area contributed by atoms with Crippen LogP contribution in [-0.2, 0) is 9.59 Å². The van der Waals surface area contributed by atoms with Gasteiger partial charge in [0.1, 0.15) is 11.3 Å². The summed E-state index contributed by atoms with van der Waals surface area (Å²) in [6.45, 7) is 0. The van der Waals surface area contributed by atoms with Crippen molar-refractivity contribution in [1.29, 1.82) is 0 Å². The maximum absolute atomic E-state index is 11.9. The van der Waals surface area contributed by atoms with Crippen LogP contribution < -0.4 is 5.32 Å². The topological polar surface area (TPSA) is 80.5 Å². The summed E-state index contributed by atoms with van der Waals surface area (Å²) >= 11 is 0. The van der Waals surface area contributed by atoms with Crippen LogP contribution in [0.4, 0.5) is 0 Å². The Morgan fingerprint density at radius 1 is 1.37 bits per heavy atom.